The van der Waals surface area contributed by atoms with Crippen molar-refractivity contribution >= 4 is 28.7 Å². The number of halogens is 5. The fraction of sp³-hybridized carbons (Fsp3) is 0.0952. The minimum atomic E-state index is -4.65. The number of benzene rings is 2. The molecular weight excluding hydrogens is 441 g/mol. The van der Waals surface area contributed by atoms with Gasteiger partial charge in [0.25, 0.3) is 0 Å². The Morgan fingerprint density at radius 2 is 1.68 bits per heavy atom. The summed E-state index contributed by atoms with van der Waals surface area (Å²) in [5, 5.41) is 2.74. The normalized spacial score (nSPS) is 11.2. The molecule has 1 N–H and O–H groups in total. The van der Waals surface area contributed by atoms with Crippen LogP contribution in [-0.4, -0.2) is 13.1 Å². The molecule has 4 nitrogen and oxygen atoms in total. The number of esters is 1. The number of carbonyl (C=O) groups is 1. The average Bonchev–Trinajstić information content (AvgIpc) is 3.13. The molecule has 0 saturated carbocycles. The van der Waals surface area contributed by atoms with Gasteiger partial charge in [-0.3, -0.25) is 0 Å². The van der Waals surface area contributed by atoms with Gasteiger partial charge in [-0.15, -0.1) is 11.3 Å². The standard InChI is InChI=1S/C21H14F5NO3S/c1-11(18-14(22)4-3-5-15(18)23)27-12-6-8-13(9-7-12)30-16-10-17(21(24,25)26)31-19(16)20(28)29-2/h3-10,27H,1H2,2H3. The molecule has 1 aromatic heterocycles. The highest BCUT2D eigenvalue weighted by Crippen LogP contribution is 2.42. The van der Waals surface area contributed by atoms with E-state index in [1.807, 2.05) is 0 Å². The highest BCUT2D eigenvalue weighted by atomic mass is 32.1. The van der Waals surface area contributed by atoms with E-state index >= 15 is 0 Å². The number of hydrogen-bond acceptors (Lipinski definition) is 5. The van der Waals surface area contributed by atoms with Gasteiger partial charge in [-0.2, -0.15) is 13.2 Å². The molecule has 0 radical (unpaired) electrons. The van der Waals surface area contributed by atoms with Crippen LogP contribution in [0, 0.1) is 11.6 Å². The Bertz CT molecular complexity index is 1100. The first-order valence-electron chi connectivity index (χ1n) is 8.57. The second kappa shape index (κ2) is 8.76. The molecule has 0 aliphatic rings. The molecule has 0 spiro atoms. The van der Waals surface area contributed by atoms with E-state index < -0.39 is 28.7 Å². The maximum absolute atomic E-state index is 13.9. The van der Waals surface area contributed by atoms with Crippen molar-refractivity contribution in [2.75, 3.05) is 12.4 Å². The average molecular weight is 455 g/mol. The lowest BCUT2D eigenvalue weighted by Crippen LogP contribution is -2.02. The summed E-state index contributed by atoms with van der Waals surface area (Å²) in [4.78, 5) is 10.4. The van der Waals surface area contributed by atoms with Crippen molar-refractivity contribution in [3.63, 3.8) is 0 Å². The van der Waals surface area contributed by atoms with Crippen molar-refractivity contribution in [3.05, 3.63) is 82.1 Å². The fourth-order valence-corrected chi connectivity index (χ4v) is 3.45. The number of methoxy groups -OCH3 is 1. The summed E-state index contributed by atoms with van der Waals surface area (Å²) in [6, 6.07) is 9.87. The molecule has 31 heavy (non-hydrogen) atoms. The summed E-state index contributed by atoms with van der Waals surface area (Å²) in [6.45, 7) is 3.62. The van der Waals surface area contributed by atoms with Gasteiger partial charge >= 0.3 is 12.1 Å². The second-order valence-electron chi connectivity index (χ2n) is 6.12. The molecule has 0 aliphatic carbocycles. The Hall–Kier alpha value is -3.40. The van der Waals surface area contributed by atoms with E-state index in [4.69, 9.17) is 4.74 Å². The minimum absolute atomic E-state index is 0.0232. The van der Waals surface area contributed by atoms with Crippen LogP contribution in [0.3, 0.4) is 0 Å². The first-order valence-corrected chi connectivity index (χ1v) is 9.39. The highest BCUT2D eigenvalue weighted by Gasteiger charge is 2.36. The zero-order valence-corrected chi connectivity index (χ0v) is 16.7. The van der Waals surface area contributed by atoms with Crippen molar-refractivity contribution in [3.8, 4) is 11.5 Å². The summed E-state index contributed by atoms with van der Waals surface area (Å²) in [5.41, 5.74) is 0.0582. The monoisotopic (exact) mass is 455 g/mol. The maximum atomic E-state index is 13.9. The number of alkyl halides is 3. The van der Waals surface area contributed by atoms with E-state index in [2.05, 4.69) is 16.6 Å². The fourth-order valence-electron chi connectivity index (χ4n) is 2.58. The lowest BCUT2D eigenvalue weighted by molar-refractivity contribution is -0.134. The number of nitrogens with one attached hydrogen (secondary N) is 1. The van der Waals surface area contributed by atoms with Crippen LogP contribution >= 0.6 is 11.3 Å². The van der Waals surface area contributed by atoms with Gasteiger partial charge < -0.3 is 14.8 Å². The highest BCUT2D eigenvalue weighted by molar-refractivity contribution is 7.14. The zero-order chi connectivity index (χ0) is 22.8. The lowest BCUT2D eigenvalue weighted by Gasteiger charge is -2.12. The van der Waals surface area contributed by atoms with Gasteiger partial charge in [-0.05, 0) is 36.4 Å². The zero-order valence-electron chi connectivity index (χ0n) is 15.8. The van der Waals surface area contributed by atoms with E-state index in [1.54, 1.807) is 0 Å². The van der Waals surface area contributed by atoms with Gasteiger partial charge in [-0.25, -0.2) is 13.6 Å². The quantitative estimate of drug-likeness (QED) is 0.332. The van der Waals surface area contributed by atoms with Crippen LogP contribution in [0.4, 0.5) is 27.6 Å². The van der Waals surface area contributed by atoms with Gasteiger partial charge in [0.05, 0.1) is 12.7 Å². The van der Waals surface area contributed by atoms with Gasteiger partial charge in [0.1, 0.15) is 22.3 Å². The molecule has 3 rings (SSSR count). The Labute approximate surface area is 177 Å². The second-order valence-corrected chi connectivity index (χ2v) is 7.17. The van der Waals surface area contributed by atoms with Gasteiger partial charge in [0.2, 0.25) is 0 Å². The van der Waals surface area contributed by atoms with Crippen LogP contribution in [0.5, 0.6) is 11.5 Å². The van der Waals surface area contributed by atoms with E-state index in [0.717, 1.165) is 19.2 Å². The topological polar surface area (TPSA) is 47.6 Å². The molecule has 0 unspecified atom stereocenters. The third-order valence-electron chi connectivity index (χ3n) is 3.99. The molecular formula is C21H14F5NO3S. The summed E-state index contributed by atoms with van der Waals surface area (Å²) in [5.74, 6) is -2.71. The smallest absolute Gasteiger partial charge is 0.425 e. The SMILES string of the molecule is C=C(Nc1ccc(Oc2cc(C(F)(F)F)sc2C(=O)OC)cc1)c1c(F)cccc1F. The molecule has 0 saturated heterocycles. The first kappa shape index (κ1) is 22.3. The largest absolute Gasteiger partial charge is 0.465 e. The molecule has 3 aromatic rings. The lowest BCUT2D eigenvalue weighted by atomic mass is 10.1. The molecule has 2 aromatic carbocycles. The molecule has 0 fully saturated rings. The molecule has 0 atom stereocenters. The predicted octanol–water partition coefficient (Wildman–Crippen LogP) is 6.71. The Balaban J connectivity index is 1.79. The molecule has 0 aliphatic heterocycles. The minimum Gasteiger partial charge on any atom is -0.465 e. The Kier molecular flexibility index (Phi) is 6.30. The molecule has 1 heterocycles. The van der Waals surface area contributed by atoms with Crippen LogP contribution < -0.4 is 10.1 Å². The van der Waals surface area contributed by atoms with Crippen LogP contribution in [0.25, 0.3) is 5.70 Å². The van der Waals surface area contributed by atoms with E-state index in [-0.39, 0.29) is 39.0 Å². The van der Waals surface area contributed by atoms with Crippen molar-refractivity contribution in [1.82, 2.24) is 0 Å². The van der Waals surface area contributed by atoms with Crippen molar-refractivity contribution in [2.45, 2.75) is 6.18 Å². The summed E-state index contributed by atoms with van der Waals surface area (Å²) >= 11 is 0.211. The Morgan fingerprint density at radius 1 is 1.06 bits per heavy atom. The number of ether oxygens (including phenoxy) is 2. The number of hydrogen-bond donors (Lipinski definition) is 1. The van der Waals surface area contributed by atoms with E-state index in [0.29, 0.717) is 11.8 Å². The summed E-state index contributed by atoms with van der Waals surface area (Å²) < 4.78 is 76.6. The van der Waals surface area contributed by atoms with Crippen LogP contribution in [0.2, 0.25) is 0 Å². The van der Waals surface area contributed by atoms with Gasteiger partial charge in [0, 0.05) is 17.5 Å². The Morgan fingerprint density at radius 3 is 2.23 bits per heavy atom. The van der Waals surface area contributed by atoms with Crippen LogP contribution in [0.15, 0.2) is 55.1 Å². The molecule has 0 bridgehead atoms. The number of carbonyl (C=O) groups excluding carboxylic acids is 1. The molecule has 162 valence electrons. The number of rotatable bonds is 6. The maximum Gasteiger partial charge on any atom is 0.425 e. The molecule has 10 heteroatoms. The molecule has 0 amide bonds. The first-order chi connectivity index (χ1) is 14.6. The van der Waals surface area contributed by atoms with Gasteiger partial charge in [-0.1, -0.05) is 12.6 Å². The van der Waals surface area contributed by atoms with Crippen LogP contribution in [-0.2, 0) is 10.9 Å². The number of anilines is 1. The van der Waals surface area contributed by atoms with E-state index in [1.165, 1.54) is 30.3 Å². The van der Waals surface area contributed by atoms with Gasteiger partial charge in [0.15, 0.2) is 10.6 Å². The third kappa shape index (κ3) is 5.02. The van der Waals surface area contributed by atoms with Crippen LogP contribution in [0.1, 0.15) is 20.1 Å². The van der Waals surface area contributed by atoms with Crippen molar-refractivity contribution in [1.29, 1.82) is 0 Å². The van der Waals surface area contributed by atoms with E-state index in [9.17, 15) is 26.7 Å². The van der Waals surface area contributed by atoms with Crippen molar-refractivity contribution < 1.29 is 36.2 Å². The summed E-state index contributed by atoms with van der Waals surface area (Å²) in [7, 11) is 1.05. The van der Waals surface area contributed by atoms with Crippen molar-refractivity contribution in [2.24, 2.45) is 0 Å². The third-order valence-corrected chi connectivity index (χ3v) is 5.13. The predicted molar refractivity (Wildman–Crippen MR) is 106 cm³/mol. The summed E-state index contributed by atoms with van der Waals surface area (Å²) in [6.07, 6.45) is -4.65. The number of thiophene rings is 1.